The molecular weight excluding hydrogens is 284 g/mol. The summed E-state index contributed by atoms with van der Waals surface area (Å²) < 4.78 is 0. The molecule has 1 amide bonds. The van der Waals surface area contributed by atoms with Gasteiger partial charge in [-0.15, -0.1) is 0 Å². The Morgan fingerprint density at radius 2 is 1.65 bits per heavy atom. The fraction of sp³-hybridized carbons (Fsp3) is 0.650. The molecule has 0 radical (unpaired) electrons. The number of hydrogen-bond donors (Lipinski definition) is 0. The molecule has 0 aliphatic carbocycles. The molecule has 1 aromatic carbocycles. The van der Waals surface area contributed by atoms with Crippen molar-refractivity contribution in [2.24, 2.45) is 0 Å². The summed E-state index contributed by atoms with van der Waals surface area (Å²) in [4.78, 5) is 17.3. The fourth-order valence-electron chi connectivity index (χ4n) is 4.02. The minimum Gasteiger partial charge on any atom is -0.342 e. The number of amides is 1. The zero-order chi connectivity index (χ0) is 16.1. The molecule has 23 heavy (non-hydrogen) atoms. The van der Waals surface area contributed by atoms with E-state index in [1.165, 1.54) is 49.9 Å². The molecule has 1 aromatic rings. The SMILES string of the molecule is Cc1ccccc1CC(=O)N1CCC(N2CCCCCC2)CC1. The molecule has 2 fully saturated rings. The molecule has 2 aliphatic rings. The first-order chi connectivity index (χ1) is 11.2. The van der Waals surface area contributed by atoms with E-state index in [1.54, 1.807) is 0 Å². The minimum atomic E-state index is 0.300. The van der Waals surface area contributed by atoms with Crippen molar-refractivity contribution in [3.8, 4) is 0 Å². The van der Waals surface area contributed by atoms with Crippen LogP contribution in [0.1, 0.15) is 49.7 Å². The van der Waals surface area contributed by atoms with Crippen molar-refractivity contribution in [3.05, 3.63) is 35.4 Å². The van der Waals surface area contributed by atoms with Crippen molar-refractivity contribution in [1.82, 2.24) is 9.80 Å². The maximum absolute atomic E-state index is 12.6. The van der Waals surface area contributed by atoms with Gasteiger partial charge in [-0.25, -0.2) is 0 Å². The highest BCUT2D eigenvalue weighted by Crippen LogP contribution is 2.21. The van der Waals surface area contributed by atoms with Crippen molar-refractivity contribution in [3.63, 3.8) is 0 Å². The van der Waals surface area contributed by atoms with Crippen molar-refractivity contribution < 1.29 is 4.79 Å². The number of piperidine rings is 1. The molecule has 0 unspecified atom stereocenters. The first-order valence-corrected chi connectivity index (χ1v) is 9.30. The van der Waals surface area contributed by atoms with Gasteiger partial charge in [-0.2, -0.15) is 0 Å². The first-order valence-electron chi connectivity index (χ1n) is 9.30. The van der Waals surface area contributed by atoms with Crippen molar-refractivity contribution in [2.75, 3.05) is 26.2 Å². The summed E-state index contributed by atoms with van der Waals surface area (Å²) in [6.45, 7) is 6.50. The molecule has 2 saturated heterocycles. The van der Waals surface area contributed by atoms with Crippen LogP contribution in [0, 0.1) is 6.92 Å². The quantitative estimate of drug-likeness (QED) is 0.853. The van der Waals surface area contributed by atoms with Crippen molar-refractivity contribution in [2.45, 2.75) is 57.9 Å². The van der Waals surface area contributed by atoms with E-state index in [1.807, 2.05) is 12.1 Å². The van der Waals surface area contributed by atoms with Gasteiger partial charge in [-0.05, 0) is 56.8 Å². The second-order valence-electron chi connectivity index (χ2n) is 7.17. The number of aryl methyl sites for hydroxylation is 1. The summed E-state index contributed by atoms with van der Waals surface area (Å²) in [5, 5.41) is 0. The zero-order valence-corrected chi connectivity index (χ0v) is 14.5. The van der Waals surface area contributed by atoms with Crippen LogP contribution in [0.5, 0.6) is 0 Å². The summed E-state index contributed by atoms with van der Waals surface area (Å²) in [6, 6.07) is 8.94. The summed E-state index contributed by atoms with van der Waals surface area (Å²) >= 11 is 0. The largest absolute Gasteiger partial charge is 0.342 e. The van der Waals surface area contributed by atoms with Gasteiger partial charge in [-0.3, -0.25) is 4.79 Å². The number of carbonyl (C=O) groups excluding carboxylic acids is 1. The molecule has 3 rings (SSSR count). The molecule has 0 bridgehead atoms. The summed E-state index contributed by atoms with van der Waals surface area (Å²) in [5.74, 6) is 0.300. The van der Waals surface area contributed by atoms with Gasteiger partial charge in [0, 0.05) is 19.1 Å². The summed E-state index contributed by atoms with van der Waals surface area (Å²) in [7, 11) is 0. The van der Waals surface area contributed by atoms with Crippen LogP contribution in [0.25, 0.3) is 0 Å². The van der Waals surface area contributed by atoms with E-state index in [0.717, 1.165) is 25.9 Å². The summed E-state index contributed by atoms with van der Waals surface area (Å²) in [6.07, 6.45) is 8.35. The molecule has 126 valence electrons. The van der Waals surface area contributed by atoms with E-state index in [2.05, 4.69) is 28.9 Å². The third-order valence-corrected chi connectivity index (χ3v) is 5.58. The molecular formula is C20H30N2O. The highest BCUT2D eigenvalue weighted by Gasteiger charge is 2.27. The maximum atomic E-state index is 12.6. The van der Waals surface area contributed by atoms with E-state index >= 15 is 0 Å². The number of carbonyl (C=O) groups is 1. The predicted molar refractivity (Wildman–Crippen MR) is 94.5 cm³/mol. The Hall–Kier alpha value is -1.35. The van der Waals surface area contributed by atoms with E-state index in [4.69, 9.17) is 0 Å². The number of hydrogen-bond acceptors (Lipinski definition) is 2. The molecule has 0 saturated carbocycles. The average molecular weight is 314 g/mol. The topological polar surface area (TPSA) is 23.6 Å². The normalized spacial score (nSPS) is 21.2. The van der Waals surface area contributed by atoms with Crippen molar-refractivity contribution in [1.29, 1.82) is 0 Å². The standard InChI is InChI=1S/C20H30N2O/c1-17-8-4-5-9-18(17)16-20(23)22-14-10-19(11-15-22)21-12-6-2-3-7-13-21/h4-5,8-9,19H,2-3,6-7,10-16H2,1H3. The molecule has 0 atom stereocenters. The molecule has 3 nitrogen and oxygen atoms in total. The van der Waals surface area contributed by atoms with Crippen LogP contribution in [0.4, 0.5) is 0 Å². The second-order valence-corrected chi connectivity index (χ2v) is 7.17. The number of likely N-dealkylation sites (tertiary alicyclic amines) is 2. The van der Waals surface area contributed by atoms with Gasteiger partial charge in [0.25, 0.3) is 0 Å². The Balaban J connectivity index is 1.50. The van der Waals surface area contributed by atoms with E-state index in [-0.39, 0.29) is 0 Å². The minimum absolute atomic E-state index is 0.300. The van der Waals surface area contributed by atoms with Crippen molar-refractivity contribution >= 4 is 5.91 Å². The monoisotopic (exact) mass is 314 g/mol. The van der Waals surface area contributed by atoms with Crippen LogP contribution in [0.2, 0.25) is 0 Å². The van der Waals surface area contributed by atoms with E-state index < -0.39 is 0 Å². The lowest BCUT2D eigenvalue weighted by atomic mass is 10.0. The van der Waals surface area contributed by atoms with Crippen LogP contribution in [0.3, 0.4) is 0 Å². The lowest BCUT2D eigenvalue weighted by Gasteiger charge is -2.38. The Kier molecular flexibility index (Phi) is 5.71. The molecule has 0 aromatic heterocycles. The molecule has 0 spiro atoms. The maximum Gasteiger partial charge on any atom is 0.227 e. The van der Waals surface area contributed by atoms with Crippen LogP contribution in [-0.2, 0) is 11.2 Å². The Labute approximate surface area is 140 Å². The highest BCUT2D eigenvalue weighted by molar-refractivity contribution is 5.79. The van der Waals surface area contributed by atoms with Gasteiger partial charge in [-0.1, -0.05) is 37.1 Å². The van der Waals surface area contributed by atoms with Crippen LogP contribution in [-0.4, -0.2) is 47.9 Å². The lowest BCUT2D eigenvalue weighted by molar-refractivity contribution is -0.132. The van der Waals surface area contributed by atoms with E-state index in [0.29, 0.717) is 18.4 Å². The van der Waals surface area contributed by atoms with Gasteiger partial charge >= 0.3 is 0 Å². The first kappa shape index (κ1) is 16.5. The lowest BCUT2D eigenvalue weighted by Crippen LogP contribution is -2.47. The Bertz CT molecular complexity index is 512. The molecule has 2 aliphatic heterocycles. The van der Waals surface area contributed by atoms with Gasteiger partial charge in [0.2, 0.25) is 5.91 Å². The van der Waals surface area contributed by atoms with Crippen LogP contribution < -0.4 is 0 Å². The Morgan fingerprint density at radius 3 is 2.30 bits per heavy atom. The fourth-order valence-corrected chi connectivity index (χ4v) is 4.02. The number of nitrogens with zero attached hydrogens (tertiary/aromatic N) is 2. The number of rotatable bonds is 3. The third-order valence-electron chi connectivity index (χ3n) is 5.58. The van der Waals surface area contributed by atoms with Gasteiger partial charge in [0.05, 0.1) is 6.42 Å². The average Bonchev–Trinajstić information content (AvgIpc) is 2.86. The second kappa shape index (κ2) is 7.96. The van der Waals surface area contributed by atoms with Gasteiger partial charge in [0.15, 0.2) is 0 Å². The molecule has 0 N–H and O–H groups in total. The van der Waals surface area contributed by atoms with Crippen LogP contribution in [0.15, 0.2) is 24.3 Å². The molecule has 2 heterocycles. The third kappa shape index (κ3) is 4.35. The van der Waals surface area contributed by atoms with Crippen LogP contribution >= 0.6 is 0 Å². The van der Waals surface area contributed by atoms with Gasteiger partial charge in [0.1, 0.15) is 0 Å². The van der Waals surface area contributed by atoms with Gasteiger partial charge < -0.3 is 9.80 Å². The van der Waals surface area contributed by atoms with E-state index in [9.17, 15) is 4.79 Å². The molecule has 3 heteroatoms. The predicted octanol–water partition coefficient (Wildman–Crippen LogP) is 3.40. The smallest absolute Gasteiger partial charge is 0.227 e. The number of benzene rings is 1. The Morgan fingerprint density at radius 1 is 1.00 bits per heavy atom. The summed E-state index contributed by atoms with van der Waals surface area (Å²) in [5.41, 5.74) is 2.40. The zero-order valence-electron chi connectivity index (χ0n) is 14.5. The highest BCUT2D eigenvalue weighted by atomic mass is 16.2.